The van der Waals surface area contributed by atoms with E-state index in [0.717, 1.165) is 0 Å². The number of nitrogens with zero attached hydrogens (tertiary/aromatic N) is 1. The molecule has 0 amide bonds. The molecule has 1 aliphatic rings. The Morgan fingerprint density at radius 1 is 0.545 bits per heavy atom. The van der Waals surface area contributed by atoms with Crippen molar-refractivity contribution >= 4 is 44.9 Å². The fourth-order valence-corrected chi connectivity index (χ4v) is 6.05. The quantitative estimate of drug-likeness (QED) is 0.283. The number of aromatic nitrogens is 2. The molecule has 1 aliphatic heterocycles. The molecule has 158 valence electrons. The van der Waals surface area contributed by atoms with Gasteiger partial charge in [-0.1, -0.05) is 36.0 Å². The van der Waals surface area contributed by atoms with E-state index in [-0.39, 0.29) is 0 Å². The van der Waals surface area contributed by atoms with Crippen LogP contribution in [0, 0.1) is 0 Å². The Bertz CT molecular complexity index is 1550. The van der Waals surface area contributed by atoms with Crippen LogP contribution in [0.25, 0.3) is 44.1 Å². The monoisotopic (exact) mass is 443 g/mol. The van der Waals surface area contributed by atoms with Crippen molar-refractivity contribution in [1.82, 2.24) is 9.97 Å². The molecule has 3 nitrogen and oxygen atoms in total. The molecule has 7 rings (SSSR count). The van der Waals surface area contributed by atoms with Crippen LogP contribution in [0.4, 0.5) is 11.4 Å². The van der Waals surface area contributed by atoms with Gasteiger partial charge < -0.3 is 14.9 Å². The van der Waals surface area contributed by atoms with Crippen LogP contribution in [0.2, 0.25) is 0 Å². The van der Waals surface area contributed by atoms with Crippen LogP contribution < -0.4 is 4.90 Å². The average Bonchev–Trinajstić information content (AvgIpc) is 3.52. The molecular weight excluding hydrogens is 422 g/mol. The molecule has 0 saturated carbocycles. The number of benzene rings is 4. The van der Waals surface area contributed by atoms with E-state index in [4.69, 9.17) is 0 Å². The lowest BCUT2D eigenvalue weighted by atomic mass is 10.0. The van der Waals surface area contributed by atoms with Gasteiger partial charge in [-0.15, -0.1) is 0 Å². The molecule has 0 unspecified atom stereocenters. The number of aromatic amines is 2. The van der Waals surface area contributed by atoms with Crippen molar-refractivity contribution in [2.24, 2.45) is 0 Å². The summed E-state index contributed by atoms with van der Waals surface area (Å²) < 4.78 is 0. The molecule has 0 atom stereocenters. The first-order chi connectivity index (χ1) is 16.2. The van der Waals surface area contributed by atoms with Crippen LogP contribution in [0.15, 0.2) is 107 Å². The zero-order chi connectivity index (χ0) is 21.9. The zero-order valence-electron chi connectivity index (χ0n) is 18.1. The Hall–Kier alpha value is -3.89. The summed E-state index contributed by atoms with van der Waals surface area (Å²) in [6.45, 7) is 0. The Morgan fingerprint density at radius 3 is 1.52 bits per heavy atom. The van der Waals surface area contributed by atoms with Crippen molar-refractivity contribution in [3.05, 3.63) is 97.3 Å². The SMILES string of the molecule is CN1c2ccc(-c3ccc4[nH]ccc4c3)cc2Sc2cc(-c3ccc4[nH]ccc4c3)ccc21. The highest BCUT2D eigenvalue weighted by Gasteiger charge is 2.22. The highest BCUT2D eigenvalue weighted by atomic mass is 32.2. The van der Waals surface area contributed by atoms with Crippen LogP contribution >= 0.6 is 11.8 Å². The van der Waals surface area contributed by atoms with E-state index in [2.05, 4.69) is 107 Å². The van der Waals surface area contributed by atoms with Crippen molar-refractivity contribution in [2.45, 2.75) is 9.79 Å². The number of H-pyrrole nitrogens is 2. The first-order valence-corrected chi connectivity index (χ1v) is 11.9. The molecule has 0 spiro atoms. The maximum Gasteiger partial charge on any atom is 0.0550 e. The van der Waals surface area contributed by atoms with Crippen LogP contribution in [-0.2, 0) is 0 Å². The van der Waals surface area contributed by atoms with Gasteiger partial charge in [-0.3, -0.25) is 0 Å². The normalized spacial score (nSPS) is 12.8. The molecule has 2 aromatic heterocycles. The second kappa shape index (κ2) is 7.06. The Morgan fingerprint density at radius 2 is 1.00 bits per heavy atom. The number of hydrogen-bond acceptors (Lipinski definition) is 2. The number of nitrogens with one attached hydrogen (secondary N) is 2. The summed E-state index contributed by atoms with van der Waals surface area (Å²) >= 11 is 1.86. The van der Waals surface area contributed by atoms with Crippen molar-refractivity contribution in [3.63, 3.8) is 0 Å². The zero-order valence-corrected chi connectivity index (χ0v) is 18.9. The summed E-state index contributed by atoms with van der Waals surface area (Å²) in [4.78, 5) is 11.4. The number of anilines is 2. The Kier molecular flexibility index (Phi) is 3.99. The second-order valence-corrected chi connectivity index (χ2v) is 9.67. The first kappa shape index (κ1) is 18.7. The molecule has 0 saturated heterocycles. The van der Waals surface area contributed by atoms with Gasteiger partial charge in [-0.2, -0.15) is 0 Å². The maximum absolute atomic E-state index is 3.28. The highest BCUT2D eigenvalue weighted by molar-refractivity contribution is 7.99. The van der Waals surface area contributed by atoms with Crippen LogP contribution in [0.3, 0.4) is 0 Å². The maximum atomic E-state index is 3.28. The van der Waals surface area contributed by atoms with Crippen LogP contribution in [-0.4, -0.2) is 17.0 Å². The smallest absolute Gasteiger partial charge is 0.0550 e. The summed E-state index contributed by atoms with van der Waals surface area (Å²) in [6.07, 6.45) is 3.99. The third kappa shape index (κ3) is 2.99. The van der Waals surface area contributed by atoms with Gasteiger partial charge in [-0.25, -0.2) is 0 Å². The van der Waals surface area contributed by atoms with Crippen LogP contribution in [0.1, 0.15) is 0 Å². The molecule has 3 heterocycles. The lowest BCUT2D eigenvalue weighted by molar-refractivity contribution is 1.11. The van der Waals surface area contributed by atoms with Crippen molar-refractivity contribution in [2.75, 3.05) is 11.9 Å². The van der Waals surface area contributed by atoms with E-state index in [1.165, 1.54) is 65.2 Å². The molecule has 0 fully saturated rings. The predicted octanol–water partition coefficient (Wildman–Crippen LogP) is 8.22. The largest absolute Gasteiger partial charge is 0.361 e. The van der Waals surface area contributed by atoms with Gasteiger partial charge in [0.15, 0.2) is 0 Å². The average molecular weight is 444 g/mol. The molecule has 4 heteroatoms. The number of fused-ring (bicyclic) bond motifs is 4. The van der Waals surface area contributed by atoms with Gasteiger partial charge in [0.05, 0.1) is 11.4 Å². The van der Waals surface area contributed by atoms with E-state index < -0.39 is 0 Å². The van der Waals surface area contributed by atoms with Gasteiger partial charge in [0, 0.05) is 40.3 Å². The number of rotatable bonds is 2. The third-order valence-electron chi connectivity index (χ3n) is 6.64. The van der Waals surface area contributed by atoms with Gasteiger partial charge in [-0.05, 0) is 93.7 Å². The van der Waals surface area contributed by atoms with Gasteiger partial charge in [0.2, 0.25) is 0 Å². The van der Waals surface area contributed by atoms with Gasteiger partial charge in [0.25, 0.3) is 0 Å². The summed E-state index contributed by atoms with van der Waals surface area (Å²) in [5, 5.41) is 2.48. The van der Waals surface area contributed by atoms with Gasteiger partial charge in [0.1, 0.15) is 0 Å². The van der Waals surface area contributed by atoms with Crippen molar-refractivity contribution < 1.29 is 0 Å². The fourth-order valence-electron chi connectivity index (χ4n) is 4.82. The summed E-state index contributed by atoms with van der Waals surface area (Å²) in [5.41, 5.74) is 9.82. The standard InChI is InChI=1S/C29H21N3S/c1-32-26-8-4-20(18-2-6-24-22(14-18)10-12-30-24)16-28(26)33-29-17-21(5-9-27(29)32)19-3-7-25-23(15-19)11-13-31-25/h2-17,30-31H,1H3. The molecule has 6 aromatic rings. The molecule has 0 aliphatic carbocycles. The Balaban J connectivity index is 1.28. The number of hydrogen-bond donors (Lipinski definition) is 2. The Labute approximate surface area is 196 Å². The van der Waals surface area contributed by atoms with Crippen molar-refractivity contribution in [1.29, 1.82) is 0 Å². The lowest BCUT2D eigenvalue weighted by Crippen LogP contribution is -2.14. The minimum Gasteiger partial charge on any atom is -0.361 e. The fraction of sp³-hybridized carbons (Fsp3) is 0.0345. The van der Waals surface area contributed by atoms with E-state index in [1.54, 1.807) is 0 Å². The van der Waals surface area contributed by atoms with Crippen molar-refractivity contribution in [3.8, 4) is 22.3 Å². The van der Waals surface area contributed by atoms with E-state index >= 15 is 0 Å². The van der Waals surface area contributed by atoms with Gasteiger partial charge >= 0.3 is 0 Å². The molecule has 0 radical (unpaired) electrons. The first-order valence-electron chi connectivity index (χ1n) is 11.1. The minimum absolute atomic E-state index is 1.17. The minimum atomic E-state index is 1.17. The topological polar surface area (TPSA) is 34.8 Å². The molecular formula is C29H21N3S. The molecule has 4 aromatic carbocycles. The van der Waals surface area contributed by atoms with Crippen LogP contribution in [0.5, 0.6) is 0 Å². The second-order valence-electron chi connectivity index (χ2n) is 8.59. The summed E-state index contributed by atoms with van der Waals surface area (Å²) in [5.74, 6) is 0. The third-order valence-corrected chi connectivity index (χ3v) is 7.73. The molecule has 2 N–H and O–H groups in total. The molecule has 33 heavy (non-hydrogen) atoms. The summed E-state index contributed by atoms with van der Waals surface area (Å²) in [6, 6.07) is 31.1. The predicted molar refractivity (Wildman–Crippen MR) is 140 cm³/mol. The van der Waals surface area contributed by atoms with E-state index in [9.17, 15) is 0 Å². The molecule has 0 bridgehead atoms. The van der Waals surface area contributed by atoms with E-state index in [1.807, 2.05) is 24.2 Å². The van der Waals surface area contributed by atoms with E-state index in [0.29, 0.717) is 0 Å². The highest BCUT2D eigenvalue weighted by Crippen LogP contribution is 2.49. The lowest BCUT2D eigenvalue weighted by Gasteiger charge is -2.30. The summed E-state index contributed by atoms with van der Waals surface area (Å²) in [7, 11) is 2.16.